The molecule has 0 amide bonds. The molecule has 10 nitrogen and oxygen atoms in total. The van der Waals surface area contributed by atoms with Gasteiger partial charge in [0.2, 0.25) is 0 Å². The molecule has 2 fully saturated rings. The first-order valence-electron chi connectivity index (χ1n) is 17.0. The van der Waals surface area contributed by atoms with Crippen molar-refractivity contribution in [1.82, 2.24) is 25.0 Å². The van der Waals surface area contributed by atoms with Crippen LogP contribution in [0.25, 0.3) is 11.2 Å². The molecule has 2 aromatic heterocycles. The number of benzene rings is 1. The van der Waals surface area contributed by atoms with Crippen LogP contribution in [0.15, 0.2) is 23.3 Å². The highest BCUT2D eigenvalue weighted by Gasteiger charge is 2.45. The first kappa shape index (κ1) is 14.5. The van der Waals surface area contributed by atoms with Gasteiger partial charge in [0.1, 0.15) is 18.0 Å². The molecule has 2 aliphatic rings. The van der Waals surface area contributed by atoms with Crippen LogP contribution < -0.4 is 5.32 Å². The molecule has 0 saturated heterocycles. The fourth-order valence-electron chi connectivity index (χ4n) is 3.43. The molecule has 2 heterocycles. The smallest absolute Gasteiger partial charge is 0.191 e. The Hall–Kier alpha value is -2.38. The summed E-state index contributed by atoms with van der Waals surface area (Å²) in [7, 11) is 0. The minimum atomic E-state index is -3.95. The Morgan fingerprint density at radius 2 is 2.22 bits per heavy atom. The van der Waals surface area contributed by atoms with E-state index < -0.39 is 96.6 Å². The fraction of sp³-hybridized carbons (Fsp3) is 0.583. The van der Waals surface area contributed by atoms with Gasteiger partial charge in [-0.2, -0.15) is 0 Å². The zero-order valence-electron chi connectivity index (χ0n) is 31.2. The van der Waals surface area contributed by atoms with E-state index in [0.29, 0.717) is 11.8 Å². The normalized spacial score (nSPS) is 44.4. The van der Waals surface area contributed by atoms with Crippen LogP contribution >= 0.6 is 11.8 Å². The van der Waals surface area contributed by atoms with Gasteiger partial charge in [0.25, 0.3) is 0 Å². The Kier molecular flexibility index (Phi) is 4.25. The van der Waals surface area contributed by atoms with E-state index in [4.69, 9.17) is 21.2 Å². The number of anilines is 1. The van der Waals surface area contributed by atoms with Gasteiger partial charge in [0.15, 0.2) is 22.1 Å². The van der Waals surface area contributed by atoms with Crippen LogP contribution in [0.5, 0.6) is 0 Å². The number of aliphatic hydroxyl groups is 3. The van der Waals surface area contributed by atoms with Gasteiger partial charge >= 0.3 is 0 Å². The lowest BCUT2D eigenvalue weighted by molar-refractivity contribution is -0.0629. The quantitative estimate of drug-likeness (QED) is 0.228. The summed E-state index contributed by atoms with van der Waals surface area (Å²) in [5, 5.41) is 41.4. The minimum absolute atomic E-state index is 0.0579. The Morgan fingerprint density at radius 1 is 1.39 bits per heavy atom. The Morgan fingerprint density at radius 3 is 3.00 bits per heavy atom. The zero-order chi connectivity index (χ0) is 36.2. The summed E-state index contributed by atoms with van der Waals surface area (Å²) >= 11 is 0.474. The number of hydrogen-bond acceptors (Lipinski definition) is 10. The van der Waals surface area contributed by atoms with Crippen molar-refractivity contribution in [2.75, 3.05) is 24.2 Å². The average Bonchev–Trinajstić information content (AvgIpc) is 3.42. The molecule has 1 aromatic carbocycles. The van der Waals surface area contributed by atoms with Crippen molar-refractivity contribution in [2.45, 2.75) is 74.4 Å². The summed E-state index contributed by atoms with van der Waals surface area (Å²) < 4.78 is 122. The molecule has 3 aromatic rings. The van der Waals surface area contributed by atoms with E-state index in [0.717, 1.165) is 0 Å². The largest absolute Gasteiger partial charge is 0.394 e. The lowest BCUT2D eigenvalue weighted by Gasteiger charge is -2.17. The first-order chi connectivity index (χ1) is 21.9. The number of fused-ring (bicyclic) bond motifs is 1. The van der Waals surface area contributed by atoms with Crippen molar-refractivity contribution in [3.63, 3.8) is 0 Å². The Labute approximate surface area is 229 Å². The minimum Gasteiger partial charge on any atom is -0.394 e. The van der Waals surface area contributed by atoms with Gasteiger partial charge in [-0.25, -0.2) is 19.0 Å². The summed E-state index contributed by atoms with van der Waals surface area (Å²) in [6.07, 6.45) is -15.3. The summed E-state index contributed by atoms with van der Waals surface area (Å²) in [4.78, 5) is 8.41. The van der Waals surface area contributed by atoms with Crippen LogP contribution in [0, 0.1) is 12.7 Å². The molecule has 12 heteroatoms. The second-order valence-corrected chi connectivity index (χ2v) is 8.67. The Balaban J connectivity index is 1.68. The molecule has 0 radical (unpaired) electrons. The summed E-state index contributed by atoms with van der Waals surface area (Å²) in [5.74, 6) is -3.19. The molecular weight excluding hydrogens is 487 g/mol. The van der Waals surface area contributed by atoms with Gasteiger partial charge in [-0.15, -0.1) is 5.10 Å². The third-order valence-corrected chi connectivity index (χ3v) is 6.09. The standard InChI is InChI=1S/C24H31FN6O4S/c1-3-8-36-24-27-22(26-16-10-14(16)13-5-4-12(2)15(25)9-13)19-23(28-24)31(30-29-19)17-11-18(35-7-6-32)21(34)20(17)33/h4-5,9,14,16-18,20-21,32-34H,3,6-8,10-11H2,1-2H3,(H,26,27,28)/t14-,16+,17+,18-,20-,21+/m0/s1/i4D,5D,8D2,9D,11D2,14D,17D,18D,20D,21D. The van der Waals surface area contributed by atoms with Crippen LogP contribution in [0.4, 0.5) is 10.2 Å². The number of thioether (sulfide) groups is 1. The predicted octanol–water partition coefficient (Wildman–Crippen LogP) is 2.18. The molecule has 6 atom stereocenters. The molecule has 0 bridgehead atoms. The third-order valence-electron chi connectivity index (χ3n) is 5.29. The van der Waals surface area contributed by atoms with Crippen molar-refractivity contribution >= 4 is 28.7 Å². The van der Waals surface area contributed by atoms with Gasteiger partial charge in [-0.05, 0) is 36.9 Å². The van der Waals surface area contributed by atoms with E-state index in [1.54, 1.807) is 0 Å². The molecule has 194 valence electrons. The van der Waals surface area contributed by atoms with Crippen LogP contribution in [0.3, 0.4) is 0 Å². The lowest BCUT2D eigenvalue weighted by Crippen LogP contribution is -2.33. The SMILES string of the molecule is [2H]c1c([2H])c([C@]2([2H])C[C@H]2Nc2nc(SC([2H])([2H])CC)nc3c2nnn3[C@]2([2H])C([2H])([2H])[C@]([2H])(OCCO)[C@@]([2H])(O)[C@@]2([2H])O)c([2H])c(F)c1C. The topological polar surface area (TPSA) is 138 Å². The van der Waals surface area contributed by atoms with Crippen molar-refractivity contribution < 1.29 is 40.9 Å². The van der Waals surface area contributed by atoms with Crippen molar-refractivity contribution in [2.24, 2.45) is 0 Å². The number of rotatable bonds is 10. The molecule has 2 aliphatic carbocycles. The van der Waals surface area contributed by atoms with Crippen LogP contribution in [0.2, 0.25) is 0 Å². The number of aromatic nitrogens is 5. The maximum atomic E-state index is 14.8. The highest BCUT2D eigenvalue weighted by atomic mass is 32.2. The second-order valence-electron chi connectivity index (χ2n) is 7.82. The lowest BCUT2D eigenvalue weighted by atomic mass is 10.1. The first-order valence-corrected chi connectivity index (χ1v) is 11.8. The molecule has 2 saturated carbocycles. The van der Waals surface area contributed by atoms with Crippen LogP contribution in [0.1, 0.15) is 65.6 Å². The van der Waals surface area contributed by atoms with Crippen molar-refractivity contribution in [3.8, 4) is 0 Å². The molecule has 0 unspecified atom stereocenters. The molecular formula is C24H31FN6O4S. The number of nitrogens with zero attached hydrogens (tertiary/aromatic N) is 5. The van der Waals surface area contributed by atoms with E-state index in [-0.39, 0.29) is 39.6 Å². The zero-order valence-corrected chi connectivity index (χ0v) is 20.0. The van der Waals surface area contributed by atoms with Crippen molar-refractivity contribution in [1.29, 1.82) is 0 Å². The van der Waals surface area contributed by atoms with Crippen molar-refractivity contribution in [3.05, 3.63) is 35.1 Å². The summed E-state index contributed by atoms with van der Waals surface area (Å²) in [6, 6.07) is -6.41. The van der Waals surface area contributed by atoms with E-state index in [9.17, 15) is 19.7 Å². The maximum absolute atomic E-state index is 14.8. The van der Waals surface area contributed by atoms with E-state index in [1.807, 2.05) is 0 Å². The number of nitrogens with one attached hydrogen (secondary N) is 1. The average molecular weight is 531 g/mol. The van der Waals surface area contributed by atoms with E-state index in [2.05, 4.69) is 25.6 Å². The molecule has 36 heavy (non-hydrogen) atoms. The van der Waals surface area contributed by atoms with E-state index in [1.165, 1.54) is 13.8 Å². The highest BCUT2D eigenvalue weighted by Crippen LogP contribution is 2.44. The second kappa shape index (κ2) is 10.5. The predicted molar refractivity (Wildman–Crippen MR) is 133 cm³/mol. The van der Waals surface area contributed by atoms with Gasteiger partial charge in [0.05, 0.1) is 34.9 Å². The number of ether oxygens (including phenoxy) is 1. The molecule has 5 rings (SSSR count). The number of halogens is 1. The Bertz CT molecular complexity index is 1780. The number of aliphatic hydroxyl groups excluding tert-OH is 1. The summed E-state index contributed by atoms with van der Waals surface area (Å²) in [5.41, 5.74) is -3.63. The molecule has 4 N–H and O–H groups in total. The fourth-order valence-corrected chi connectivity index (χ4v) is 3.97. The molecule has 0 spiro atoms. The number of hydrogen-bond donors (Lipinski definition) is 4. The van der Waals surface area contributed by atoms with Gasteiger partial charge in [-0.3, -0.25) is 0 Å². The molecule has 0 aliphatic heterocycles. The monoisotopic (exact) mass is 530 g/mol. The van der Waals surface area contributed by atoms with Gasteiger partial charge < -0.3 is 25.4 Å². The van der Waals surface area contributed by atoms with Crippen LogP contribution in [-0.4, -0.2) is 83.5 Å². The van der Waals surface area contributed by atoms with E-state index >= 15 is 0 Å². The maximum Gasteiger partial charge on any atom is 0.191 e. The highest BCUT2D eigenvalue weighted by molar-refractivity contribution is 7.99. The van der Waals surface area contributed by atoms with Crippen LogP contribution in [-0.2, 0) is 4.74 Å². The van der Waals surface area contributed by atoms with Gasteiger partial charge in [0, 0.05) is 30.9 Å². The van der Waals surface area contributed by atoms with Gasteiger partial charge in [-0.1, -0.05) is 36.0 Å². The third kappa shape index (κ3) is 4.92. The summed E-state index contributed by atoms with van der Waals surface area (Å²) in [6.45, 7) is 1.11.